The van der Waals surface area contributed by atoms with Crippen LogP contribution in [0.5, 0.6) is 0 Å². The molecule has 1 aromatic heterocycles. The van der Waals surface area contributed by atoms with Crippen LogP contribution in [0.3, 0.4) is 0 Å². The Morgan fingerprint density at radius 3 is 2.70 bits per heavy atom. The minimum absolute atomic E-state index is 0.126. The third-order valence-corrected chi connectivity index (χ3v) is 3.02. The Hall–Kier alpha value is -2.28. The van der Waals surface area contributed by atoms with Crippen molar-refractivity contribution in [2.45, 2.75) is 0 Å². The summed E-state index contributed by atoms with van der Waals surface area (Å²) in [7, 11) is 0. The Morgan fingerprint density at radius 2 is 1.95 bits per heavy atom. The van der Waals surface area contributed by atoms with Gasteiger partial charge in [-0.05, 0) is 12.1 Å². The van der Waals surface area contributed by atoms with Crippen molar-refractivity contribution in [1.82, 2.24) is 15.0 Å². The van der Waals surface area contributed by atoms with Gasteiger partial charge in [-0.3, -0.25) is 0 Å². The molecular weight excluding hydrogens is 261 g/mol. The van der Waals surface area contributed by atoms with E-state index in [-0.39, 0.29) is 11.8 Å². The lowest BCUT2D eigenvalue weighted by Gasteiger charge is -2.26. The van der Waals surface area contributed by atoms with Gasteiger partial charge in [0.1, 0.15) is 5.82 Å². The molecule has 3 rings (SSSR count). The number of anilines is 2. The number of nitrogen functional groups attached to an aromatic ring is 1. The van der Waals surface area contributed by atoms with Crippen molar-refractivity contribution in [3.8, 4) is 11.4 Å². The molecule has 0 unspecified atom stereocenters. The molecule has 0 amide bonds. The molecule has 0 bridgehead atoms. The molecule has 0 spiro atoms. The Balaban J connectivity index is 1.97. The molecule has 2 heterocycles. The van der Waals surface area contributed by atoms with Crippen molar-refractivity contribution in [1.29, 1.82) is 0 Å². The standard InChI is InChI=1S/C13H14FN5O/c14-10-3-1-2-9(8-10)11-16-12(15)18-13(17-11)19-4-6-20-7-5-19/h1-3,8H,4-7H2,(H2,15,16,17,18). The molecule has 7 heteroatoms. The van der Waals surface area contributed by atoms with E-state index >= 15 is 0 Å². The fraction of sp³-hybridized carbons (Fsp3) is 0.308. The zero-order valence-corrected chi connectivity index (χ0v) is 10.8. The fourth-order valence-electron chi connectivity index (χ4n) is 2.04. The number of nitrogens with zero attached hydrogens (tertiary/aromatic N) is 4. The Bertz CT molecular complexity index is 615. The number of hydrogen-bond acceptors (Lipinski definition) is 6. The fourth-order valence-corrected chi connectivity index (χ4v) is 2.04. The monoisotopic (exact) mass is 275 g/mol. The van der Waals surface area contributed by atoms with Crippen molar-refractivity contribution < 1.29 is 9.13 Å². The van der Waals surface area contributed by atoms with Crippen molar-refractivity contribution in [2.24, 2.45) is 0 Å². The van der Waals surface area contributed by atoms with Crippen LogP contribution in [0.4, 0.5) is 16.3 Å². The molecule has 0 atom stereocenters. The third kappa shape index (κ3) is 2.67. The molecular formula is C13H14FN5O. The summed E-state index contributed by atoms with van der Waals surface area (Å²) in [6.07, 6.45) is 0. The third-order valence-electron chi connectivity index (χ3n) is 3.02. The summed E-state index contributed by atoms with van der Waals surface area (Å²) in [5.41, 5.74) is 6.31. The SMILES string of the molecule is Nc1nc(-c2cccc(F)c2)nc(N2CCOCC2)n1. The molecule has 1 aromatic carbocycles. The number of morpholine rings is 1. The maximum Gasteiger partial charge on any atom is 0.230 e. The number of halogens is 1. The van der Waals surface area contributed by atoms with E-state index in [0.717, 1.165) is 0 Å². The Kier molecular flexibility index (Phi) is 3.42. The van der Waals surface area contributed by atoms with E-state index in [9.17, 15) is 4.39 Å². The van der Waals surface area contributed by atoms with E-state index in [0.29, 0.717) is 43.6 Å². The first-order chi connectivity index (χ1) is 9.72. The van der Waals surface area contributed by atoms with Crippen molar-refractivity contribution in [3.05, 3.63) is 30.1 Å². The molecule has 2 aromatic rings. The van der Waals surface area contributed by atoms with Crippen molar-refractivity contribution >= 4 is 11.9 Å². The second kappa shape index (κ2) is 5.38. The lowest BCUT2D eigenvalue weighted by atomic mass is 10.2. The van der Waals surface area contributed by atoms with Gasteiger partial charge in [-0.1, -0.05) is 12.1 Å². The van der Waals surface area contributed by atoms with Crippen LogP contribution in [-0.4, -0.2) is 41.3 Å². The Morgan fingerprint density at radius 1 is 1.15 bits per heavy atom. The van der Waals surface area contributed by atoms with Crippen molar-refractivity contribution in [3.63, 3.8) is 0 Å². The van der Waals surface area contributed by atoms with E-state index < -0.39 is 0 Å². The van der Waals surface area contributed by atoms with Crippen LogP contribution in [0.2, 0.25) is 0 Å². The predicted octanol–water partition coefficient (Wildman–Crippen LogP) is 1.10. The molecule has 1 fully saturated rings. The molecule has 0 radical (unpaired) electrons. The maximum atomic E-state index is 13.3. The molecule has 0 aliphatic carbocycles. The van der Waals surface area contributed by atoms with Gasteiger partial charge in [0.2, 0.25) is 11.9 Å². The molecule has 1 aliphatic heterocycles. The summed E-state index contributed by atoms with van der Waals surface area (Å²) >= 11 is 0. The van der Waals surface area contributed by atoms with Crippen LogP contribution in [0, 0.1) is 5.82 Å². The highest BCUT2D eigenvalue weighted by atomic mass is 19.1. The van der Waals surface area contributed by atoms with Gasteiger partial charge in [0.15, 0.2) is 5.82 Å². The number of nitrogens with two attached hydrogens (primary N) is 1. The molecule has 20 heavy (non-hydrogen) atoms. The normalized spacial score (nSPS) is 15.3. The predicted molar refractivity (Wildman–Crippen MR) is 72.7 cm³/mol. The van der Waals surface area contributed by atoms with E-state index in [1.54, 1.807) is 12.1 Å². The van der Waals surface area contributed by atoms with Crippen LogP contribution in [0.1, 0.15) is 0 Å². The van der Waals surface area contributed by atoms with Crippen LogP contribution in [-0.2, 0) is 4.74 Å². The van der Waals surface area contributed by atoms with Gasteiger partial charge in [-0.25, -0.2) is 4.39 Å². The molecule has 2 N–H and O–H groups in total. The molecule has 1 saturated heterocycles. The van der Waals surface area contributed by atoms with E-state index in [1.807, 2.05) is 4.90 Å². The van der Waals surface area contributed by atoms with E-state index in [4.69, 9.17) is 10.5 Å². The second-order valence-electron chi connectivity index (χ2n) is 4.43. The molecule has 6 nitrogen and oxygen atoms in total. The highest BCUT2D eigenvalue weighted by Gasteiger charge is 2.16. The number of ether oxygens (including phenoxy) is 1. The second-order valence-corrected chi connectivity index (χ2v) is 4.43. The molecule has 104 valence electrons. The van der Waals surface area contributed by atoms with E-state index in [2.05, 4.69) is 15.0 Å². The first-order valence-electron chi connectivity index (χ1n) is 6.32. The zero-order chi connectivity index (χ0) is 13.9. The van der Waals surface area contributed by atoms with Crippen LogP contribution < -0.4 is 10.6 Å². The highest BCUT2D eigenvalue weighted by Crippen LogP contribution is 2.20. The van der Waals surface area contributed by atoms with Gasteiger partial charge >= 0.3 is 0 Å². The summed E-state index contributed by atoms with van der Waals surface area (Å²) in [5.74, 6) is 0.661. The van der Waals surface area contributed by atoms with Gasteiger partial charge in [0.05, 0.1) is 13.2 Å². The van der Waals surface area contributed by atoms with Gasteiger partial charge in [0, 0.05) is 18.7 Å². The van der Waals surface area contributed by atoms with E-state index in [1.165, 1.54) is 12.1 Å². The summed E-state index contributed by atoms with van der Waals surface area (Å²) in [5, 5.41) is 0. The smallest absolute Gasteiger partial charge is 0.230 e. The molecule has 1 aliphatic rings. The van der Waals surface area contributed by atoms with Crippen LogP contribution >= 0.6 is 0 Å². The molecule has 0 saturated carbocycles. The minimum atomic E-state index is -0.339. The lowest BCUT2D eigenvalue weighted by Crippen LogP contribution is -2.37. The van der Waals surface area contributed by atoms with Gasteiger partial charge in [-0.15, -0.1) is 0 Å². The zero-order valence-electron chi connectivity index (χ0n) is 10.8. The number of benzene rings is 1. The average molecular weight is 275 g/mol. The van der Waals surface area contributed by atoms with Crippen LogP contribution in [0.25, 0.3) is 11.4 Å². The summed E-state index contributed by atoms with van der Waals surface area (Å²) in [4.78, 5) is 14.6. The van der Waals surface area contributed by atoms with Crippen molar-refractivity contribution in [2.75, 3.05) is 36.9 Å². The summed E-state index contributed by atoms with van der Waals surface area (Å²) in [6.45, 7) is 2.65. The summed E-state index contributed by atoms with van der Waals surface area (Å²) in [6, 6.07) is 6.09. The topological polar surface area (TPSA) is 77.2 Å². The van der Waals surface area contributed by atoms with Gasteiger partial charge in [0.25, 0.3) is 0 Å². The van der Waals surface area contributed by atoms with Crippen LogP contribution in [0.15, 0.2) is 24.3 Å². The number of aromatic nitrogens is 3. The largest absolute Gasteiger partial charge is 0.378 e. The number of hydrogen-bond donors (Lipinski definition) is 1. The lowest BCUT2D eigenvalue weighted by molar-refractivity contribution is 0.122. The first kappa shape index (κ1) is 12.7. The maximum absolute atomic E-state index is 13.3. The van der Waals surface area contributed by atoms with Gasteiger partial charge < -0.3 is 15.4 Å². The highest BCUT2D eigenvalue weighted by molar-refractivity contribution is 5.57. The Labute approximate surface area is 115 Å². The first-order valence-corrected chi connectivity index (χ1v) is 6.32. The average Bonchev–Trinajstić information content (AvgIpc) is 2.47. The quantitative estimate of drug-likeness (QED) is 0.884. The minimum Gasteiger partial charge on any atom is -0.378 e. The summed E-state index contributed by atoms with van der Waals surface area (Å²) < 4.78 is 18.6. The number of rotatable bonds is 2. The van der Waals surface area contributed by atoms with Gasteiger partial charge in [-0.2, -0.15) is 15.0 Å².